The van der Waals surface area contributed by atoms with Gasteiger partial charge in [-0.05, 0) is 20.6 Å². The second-order valence-corrected chi connectivity index (χ2v) is 3.20. The first kappa shape index (κ1) is 8.97. The lowest BCUT2D eigenvalue weighted by atomic mass is 10.3. The standard InChI is InChI=1S/C8H19N3/c1-4-11-6-5-10(3)7-8(11)9-2/h8-9H,4-7H2,1-3H3. The molecule has 0 spiro atoms. The molecule has 0 aromatic carbocycles. The molecule has 0 saturated carbocycles. The quantitative estimate of drug-likeness (QED) is 0.599. The fourth-order valence-electron chi connectivity index (χ4n) is 1.61. The van der Waals surface area contributed by atoms with Gasteiger partial charge < -0.3 is 10.2 Å². The summed E-state index contributed by atoms with van der Waals surface area (Å²) >= 11 is 0. The molecule has 1 unspecified atom stereocenters. The minimum Gasteiger partial charge on any atom is -0.304 e. The molecule has 0 aromatic heterocycles. The van der Waals surface area contributed by atoms with Crippen molar-refractivity contribution in [3.63, 3.8) is 0 Å². The Bertz CT molecular complexity index is 116. The number of piperazine rings is 1. The van der Waals surface area contributed by atoms with Crippen molar-refractivity contribution in [1.82, 2.24) is 15.1 Å². The zero-order valence-electron chi connectivity index (χ0n) is 7.80. The van der Waals surface area contributed by atoms with Gasteiger partial charge in [0.15, 0.2) is 0 Å². The van der Waals surface area contributed by atoms with Crippen LogP contribution in [0.2, 0.25) is 0 Å². The topological polar surface area (TPSA) is 18.5 Å². The molecule has 1 saturated heterocycles. The summed E-state index contributed by atoms with van der Waals surface area (Å²) in [6, 6.07) is 0. The van der Waals surface area contributed by atoms with E-state index in [0.29, 0.717) is 6.17 Å². The number of rotatable bonds is 2. The molecule has 1 atom stereocenters. The summed E-state index contributed by atoms with van der Waals surface area (Å²) < 4.78 is 0. The largest absolute Gasteiger partial charge is 0.304 e. The highest BCUT2D eigenvalue weighted by Crippen LogP contribution is 2.03. The van der Waals surface area contributed by atoms with Crippen molar-refractivity contribution in [3.05, 3.63) is 0 Å². The van der Waals surface area contributed by atoms with Gasteiger partial charge in [0.1, 0.15) is 0 Å². The van der Waals surface area contributed by atoms with E-state index in [2.05, 4.69) is 29.1 Å². The van der Waals surface area contributed by atoms with Gasteiger partial charge in [-0.25, -0.2) is 0 Å². The highest BCUT2D eigenvalue weighted by molar-refractivity contribution is 4.76. The second-order valence-electron chi connectivity index (χ2n) is 3.20. The van der Waals surface area contributed by atoms with Gasteiger partial charge in [0.05, 0.1) is 6.17 Å². The molecular weight excluding hydrogens is 138 g/mol. The molecule has 0 aliphatic carbocycles. The fraction of sp³-hybridized carbons (Fsp3) is 1.00. The van der Waals surface area contributed by atoms with Crippen LogP contribution in [-0.2, 0) is 0 Å². The first-order valence-corrected chi connectivity index (χ1v) is 4.37. The molecule has 66 valence electrons. The average Bonchev–Trinajstić information content (AvgIpc) is 2.04. The molecule has 1 fully saturated rings. The van der Waals surface area contributed by atoms with Crippen LogP contribution in [-0.4, -0.2) is 56.2 Å². The van der Waals surface area contributed by atoms with Crippen molar-refractivity contribution < 1.29 is 0 Å². The van der Waals surface area contributed by atoms with Crippen LogP contribution in [0.25, 0.3) is 0 Å². The fourth-order valence-corrected chi connectivity index (χ4v) is 1.61. The molecule has 1 aliphatic rings. The maximum absolute atomic E-state index is 3.32. The Labute approximate surface area is 69.4 Å². The molecule has 1 N–H and O–H groups in total. The molecule has 3 nitrogen and oxygen atoms in total. The normalized spacial score (nSPS) is 29.2. The van der Waals surface area contributed by atoms with Gasteiger partial charge in [-0.2, -0.15) is 0 Å². The number of nitrogens with zero attached hydrogens (tertiary/aromatic N) is 2. The highest BCUT2D eigenvalue weighted by atomic mass is 15.3. The average molecular weight is 157 g/mol. The summed E-state index contributed by atoms with van der Waals surface area (Å²) in [5, 5.41) is 3.32. The van der Waals surface area contributed by atoms with Crippen molar-refractivity contribution in [2.45, 2.75) is 13.1 Å². The third-order valence-corrected chi connectivity index (χ3v) is 2.43. The van der Waals surface area contributed by atoms with E-state index in [1.54, 1.807) is 0 Å². The van der Waals surface area contributed by atoms with Crippen LogP contribution >= 0.6 is 0 Å². The molecule has 1 aliphatic heterocycles. The van der Waals surface area contributed by atoms with Crippen molar-refractivity contribution in [1.29, 1.82) is 0 Å². The molecule has 0 bridgehead atoms. The molecular formula is C8H19N3. The van der Waals surface area contributed by atoms with Crippen LogP contribution in [0.1, 0.15) is 6.92 Å². The number of hydrogen-bond donors (Lipinski definition) is 1. The van der Waals surface area contributed by atoms with E-state index in [1.165, 1.54) is 13.1 Å². The van der Waals surface area contributed by atoms with Crippen LogP contribution < -0.4 is 5.32 Å². The summed E-state index contributed by atoms with van der Waals surface area (Å²) in [6.07, 6.45) is 0.554. The van der Waals surface area contributed by atoms with Crippen molar-refractivity contribution >= 4 is 0 Å². The lowest BCUT2D eigenvalue weighted by molar-refractivity contribution is 0.0795. The third-order valence-electron chi connectivity index (χ3n) is 2.43. The summed E-state index contributed by atoms with van der Waals surface area (Å²) in [6.45, 7) is 6.91. The van der Waals surface area contributed by atoms with E-state index in [4.69, 9.17) is 0 Å². The monoisotopic (exact) mass is 157 g/mol. The summed E-state index contributed by atoms with van der Waals surface area (Å²) in [5.74, 6) is 0. The second kappa shape index (κ2) is 4.04. The Morgan fingerprint density at radius 2 is 2.18 bits per heavy atom. The van der Waals surface area contributed by atoms with Crippen molar-refractivity contribution in [2.75, 3.05) is 40.3 Å². The Hall–Kier alpha value is -0.120. The van der Waals surface area contributed by atoms with E-state index < -0.39 is 0 Å². The highest BCUT2D eigenvalue weighted by Gasteiger charge is 2.21. The molecule has 11 heavy (non-hydrogen) atoms. The first-order valence-electron chi connectivity index (χ1n) is 4.37. The minimum absolute atomic E-state index is 0.554. The molecule has 0 aromatic rings. The maximum Gasteiger partial charge on any atom is 0.0726 e. The van der Waals surface area contributed by atoms with Crippen LogP contribution in [0, 0.1) is 0 Å². The molecule has 1 rings (SSSR count). The van der Waals surface area contributed by atoms with Crippen LogP contribution in [0.4, 0.5) is 0 Å². The number of likely N-dealkylation sites (N-methyl/N-ethyl adjacent to an activating group) is 3. The van der Waals surface area contributed by atoms with Gasteiger partial charge >= 0.3 is 0 Å². The first-order chi connectivity index (χ1) is 5.27. The van der Waals surface area contributed by atoms with Crippen LogP contribution in [0.3, 0.4) is 0 Å². The van der Waals surface area contributed by atoms with E-state index in [9.17, 15) is 0 Å². The molecule has 0 radical (unpaired) electrons. The SMILES string of the molecule is CCN1CCN(C)CC1NC. The van der Waals surface area contributed by atoms with Crippen molar-refractivity contribution in [2.24, 2.45) is 0 Å². The zero-order valence-corrected chi connectivity index (χ0v) is 7.80. The molecule has 3 heteroatoms. The Kier molecular flexibility index (Phi) is 3.30. The zero-order chi connectivity index (χ0) is 8.27. The number of nitrogens with one attached hydrogen (secondary N) is 1. The van der Waals surface area contributed by atoms with Gasteiger partial charge in [0.25, 0.3) is 0 Å². The van der Waals surface area contributed by atoms with Gasteiger partial charge in [-0.15, -0.1) is 0 Å². The predicted molar refractivity (Wildman–Crippen MR) is 47.6 cm³/mol. The predicted octanol–water partition coefficient (Wildman–Crippen LogP) is -0.201. The van der Waals surface area contributed by atoms with E-state index >= 15 is 0 Å². The summed E-state index contributed by atoms with van der Waals surface area (Å²) in [4.78, 5) is 4.84. The minimum atomic E-state index is 0.554. The molecule has 0 amide bonds. The number of hydrogen-bond acceptors (Lipinski definition) is 3. The lowest BCUT2D eigenvalue weighted by Crippen LogP contribution is -2.56. The van der Waals surface area contributed by atoms with E-state index in [-0.39, 0.29) is 0 Å². The van der Waals surface area contributed by atoms with E-state index in [1.807, 2.05) is 7.05 Å². The van der Waals surface area contributed by atoms with Gasteiger partial charge in [-0.3, -0.25) is 4.90 Å². The van der Waals surface area contributed by atoms with Gasteiger partial charge in [0, 0.05) is 19.6 Å². The van der Waals surface area contributed by atoms with Gasteiger partial charge in [-0.1, -0.05) is 6.92 Å². The maximum atomic E-state index is 3.32. The summed E-state index contributed by atoms with van der Waals surface area (Å²) in [5.41, 5.74) is 0. The lowest BCUT2D eigenvalue weighted by Gasteiger charge is -2.39. The Morgan fingerprint density at radius 3 is 2.73 bits per heavy atom. The van der Waals surface area contributed by atoms with Crippen LogP contribution in [0.5, 0.6) is 0 Å². The molecule has 1 heterocycles. The smallest absolute Gasteiger partial charge is 0.0726 e. The Balaban J connectivity index is 2.41. The Morgan fingerprint density at radius 1 is 1.45 bits per heavy atom. The van der Waals surface area contributed by atoms with Gasteiger partial charge in [0.2, 0.25) is 0 Å². The summed E-state index contributed by atoms with van der Waals surface area (Å²) in [7, 11) is 4.21. The van der Waals surface area contributed by atoms with Crippen molar-refractivity contribution in [3.8, 4) is 0 Å². The third kappa shape index (κ3) is 2.15. The van der Waals surface area contributed by atoms with E-state index in [0.717, 1.165) is 13.1 Å². The van der Waals surface area contributed by atoms with Crippen LogP contribution in [0.15, 0.2) is 0 Å².